The van der Waals surface area contributed by atoms with E-state index in [1.54, 1.807) is 49.3 Å². The molecule has 0 saturated carbocycles. The van der Waals surface area contributed by atoms with Crippen molar-refractivity contribution in [2.75, 3.05) is 18.6 Å². The first kappa shape index (κ1) is 24.1. The molecular weight excluding hydrogens is 504 g/mol. The fraction of sp³-hybridized carbons (Fsp3) is 0.207. The Morgan fingerprint density at radius 2 is 1.87 bits per heavy atom. The number of ether oxygens (including phenoxy) is 1. The van der Waals surface area contributed by atoms with Crippen LogP contribution in [0, 0.1) is 0 Å². The number of rotatable bonds is 5. The van der Waals surface area contributed by atoms with Gasteiger partial charge >= 0.3 is 6.03 Å². The molecule has 192 valence electrons. The van der Waals surface area contributed by atoms with Gasteiger partial charge in [0.1, 0.15) is 5.75 Å². The summed E-state index contributed by atoms with van der Waals surface area (Å²) >= 11 is 6.24. The Morgan fingerprint density at radius 1 is 1.11 bits per heavy atom. The Morgan fingerprint density at radius 3 is 2.66 bits per heavy atom. The second kappa shape index (κ2) is 8.92. The highest BCUT2D eigenvalue weighted by Crippen LogP contribution is 2.46. The van der Waals surface area contributed by atoms with E-state index in [0.717, 1.165) is 32.7 Å². The van der Waals surface area contributed by atoms with E-state index in [-0.39, 0.29) is 17.8 Å². The number of benzene rings is 3. The number of halogens is 1. The number of methoxy groups -OCH3 is 1. The van der Waals surface area contributed by atoms with Crippen molar-refractivity contribution >= 4 is 46.0 Å². The second-order valence-electron chi connectivity index (χ2n) is 9.58. The first-order valence-corrected chi connectivity index (χ1v) is 12.7. The largest absolute Gasteiger partial charge is 0.497 e. The van der Waals surface area contributed by atoms with Gasteiger partial charge in [-0.05, 0) is 60.9 Å². The van der Waals surface area contributed by atoms with Crippen molar-refractivity contribution in [3.63, 3.8) is 0 Å². The number of anilines is 1. The lowest BCUT2D eigenvalue weighted by Gasteiger charge is -2.35. The second-order valence-corrected chi connectivity index (χ2v) is 9.99. The third-order valence-corrected chi connectivity index (χ3v) is 7.92. The molecule has 1 atom stereocenters. The highest BCUT2D eigenvalue weighted by atomic mass is 35.5. The Labute approximate surface area is 224 Å². The van der Waals surface area contributed by atoms with Crippen LogP contribution in [0.4, 0.5) is 10.5 Å². The van der Waals surface area contributed by atoms with E-state index in [2.05, 4.69) is 10.3 Å². The molecule has 1 unspecified atom stereocenters. The summed E-state index contributed by atoms with van der Waals surface area (Å²) in [5.74, 6) is -0.0954. The summed E-state index contributed by atoms with van der Waals surface area (Å²) in [5.41, 5.74) is 2.55. The first-order chi connectivity index (χ1) is 18.3. The molecule has 2 aliphatic rings. The maximum atomic E-state index is 14.1. The van der Waals surface area contributed by atoms with Gasteiger partial charge in [-0.2, -0.15) is 0 Å². The highest BCUT2D eigenvalue weighted by Gasteiger charge is 2.59. The molecule has 3 aromatic carbocycles. The number of carbonyl (C=O) groups is 3. The van der Waals surface area contributed by atoms with Crippen molar-refractivity contribution in [1.29, 1.82) is 0 Å². The monoisotopic (exact) mass is 528 g/mol. The summed E-state index contributed by atoms with van der Waals surface area (Å²) in [7, 11) is 1.61. The van der Waals surface area contributed by atoms with Crippen LogP contribution >= 0.6 is 11.6 Å². The number of fused-ring (bicyclic) bond motifs is 5. The molecule has 6 rings (SSSR count). The van der Waals surface area contributed by atoms with E-state index in [1.165, 1.54) is 0 Å². The minimum absolute atomic E-state index is 0.209. The molecule has 2 aliphatic heterocycles. The van der Waals surface area contributed by atoms with E-state index in [0.29, 0.717) is 23.7 Å². The molecule has 8 nitrogen and oxygen atoms in total. The third-order valence-electron chi connectivity index (χ3n) is 7.55. The number of imide groups is 1. The zero-order valence-electron chi connectivity index (χ0n) is 20.9. The Kier molecular flexibility index (Phi) is 5.65. The van der Waals surface area contributed by atoms with E-state index in [9.17, 15) is 14.4 Å². The summed E-state index contributed by atoms with van der Waals surface area (Å²) in [6, 6.07) is 19.2. The number of hydrogen-bond donors (Lipinski definition) is 2. The molecule has 0 bridgehead atoms. The van der Waals surface area contributed by atoms with E-state index in [4.69, 9.17) is 16.3 Å². The van der Waals surface area contributed by atoms with Gasteiger partial charge in [0, 0.05) is 29.0 Å². The van der Waals surface area contributed by atoms with Gasteiger partial charge in [-0.1, -0.05) is 41.9 Å². The van der Waals surface area contributed by atoms with Crippen molar-refractivity contribution in [1.82, 2.24) is 15.2 Å². The lowest BCUT2D eigenvalue weighted by Crippen LogP contribution is -2.49. The molecular formula is C29H25ClN4O4. The minimum Gasteiger partial charge on any atom is -0.497 e. The standard InChI is InChI=1S/C29H25ClN4O4/c1-29-25-19(21-15-18(38-2)11-12-23(21)32-25)13-14-33(29)28(37)34(27(29)36)24-10-6-4-8-20(24)26(35)31-16-17-7-3-5-9-22(17)30/h3-12,15,32H,13-14,16H2,1-2H3,(H,31,35). The van der Waals surface area contributed by atoms with Crippen molar-refractivity contribution in [2.24, 2.45) is 0 Å². The van der Waals surface area contributed by atoms with Gasteiger partial charge in [0.05, 0.1) is 24.1 Å². The number of aromatic nitrogens is 1. The Bertz CT molecular complexity index is 1630. The zero-order chi connectivity index (χ0) is 26.6. The maximum absolute atomic E-state index is 14.1. The summed E-state index contributed by atoms with van der Waals surface area (Å²) < 4.78 is 5.40. The van der Waals surface area contributed by atoms with Gasteiger partial charge in [-0.15, -0.1) is 0 Å². The molecule has 1 fully saturated rings. The van der Waals surface area contributed by atoms with Crippen LogP contribution in [0.15, 0.2) is 66.7 Å². The molecule has 1 saturated heterocycles. The molecule has 4 aromatic rings. The molecule has 0 aliphatic carbocycles. The lowest BCUT2D eigenvalue weighted by atomic mass is 9.87. The normalized spacial score (nSPS) is 18.5. The van der Waals surface area contributed by atoms with Crippen LogP contribution in [0.3, 0.4) is 0 Å². The van der Waals surface area contributed by atoms with Crippen LogP contribution in [-0.4, -0.2) is 41.4 Å². The third kappa shape index (κ3) is 3.48. The van der Waals surface area contributed by atoms with Crippen LogP contribution in [0.5, 0.6) is 5.75 Å². The SMILES string of the molecule is COc1ccc2[nH]c3c(c2c1)CCN1C(=O)N(c2ccccc2C(=O)NCc2ccccc2Cl)C(=O)C31C. The predicted molar refractivity (Wildman–Crippen MR) is 145 cm³/mol. The van der Waals surface area contributed by atoms with Gasteiger partial charge in [0.2, 0.25) is 0 Å². The van der Waals surface area contributed by atoms with Crippen LogP contribution < -0.4 is 15.0 Å². The van der Waals surface area contributed by atoms with Gasteiger partial charge in [0.15, 0.2) is 5.54 Å². The molecule has 3 heterocycles. The van der Waals surface area contributed by atoms with Gasteiger partial charge in [0.25, 0.3) is 11.8 Å². The van der Waals surface area contributed by atoms with Gasteiger partial charge in [-0.3, -0.25) is 9.59 Å². The fourth-order valence-electron chi connectivity index (χ4n) is 5.53. The molecule has 1 aromatic heterocycles. The maximum Gasteiger partial charge on any atom is 0.332 e. The fourth-order valence-corrected chi connectivity index (χ4v) is 5.73. The highest BCUT2D eigenvalue weighted by molar-refractivity contribution is 6.31. The summed E-state index contributed by atoms with van der Waals surface area (Å²) in [5, 5.41) is 4.38. The van der Waals surface area contributed by atoms with Crippen molar-refractivity contribution in [2.45, 2.75) is 25.4 Å². The Hall–Kier alpha value is -4.30. The number of aromatic amines is 1. The van der Waals surface area contributed by atoms with Crippen LogP contribution in [0.2, 0.25) is 5.02 Å². The first-order valence-electron chi connectivity index (χ1n) is 12.3. The van der Waals surface area contributed by atoms with E-state index >= 15 is 0 Å². The zero-order valence-corrected chi connectivity index (χ0v) is 21.6. The quantitative estimate of drug-likeness (QED) is 0.356. The number of nitrogens with one attached hydrogen (secondary N) is 2. The van der Waals surface area contributed by atoms with Crippen LogP contribution in [0.1, 0.15) is 34.1 Å². The summed E-state index contributed by atoms with van der Waals surface area (Å²) in [6.07, 6.45) is 0.588. The average molecular weight is 529 g/mol. The predicted octanol–water partition coefficient (Wildman–Crippen LogP) is 5.00. The Balaban J connectivity index is 1.37. The molecule has 9 heteroatoms. The van der Waals surface area contributed by atoms with E-state index < -0.39 is 23.4 Å². The van der Waals surface area contributed by atoms with E-state index in [1.807, 2.05) is 36.4 Å². The average Bonchev–Trinajstić information content (AvgIpc) is 3.40. The number of nitrogens with zero attached hydrogens (tertiary/aromatic N) is 2. The molecule has 0 spiro atoms. The van der Waals surface area contributed by atoms with Crippen molar-refractivity contribution < 1.29 is 19.1 Å². The smallest absolute Gasteiger partial charge is 0.332 e. The molecule has 2 N–H and O–H groups in total. The van der Waals surface area contributed by atoms with Crippen molar-refractivity contribution in [3.05, 3.63) is 94.1 Å². The van der Waals surface area contributed by atoms with Gasteiger partial charge in [-0.25, -0.2) is 9.69 Å². The van der Waals surface area contributed by atoms with Crippen LogP contribution in [0.25, 0.3) is 10.9 Å². The molecule has 0 radical (unpaired) electrons. The molecule has 38 heavy (non-hydrogen) atoms. The van der Waals surface area contributed by atoms with Crippen LogP contribution in [-0.2, 0) is 23.3 Å². The minimum atomic E-state index is -1.24. The summed E-state index contributed by atoms with van der Waals surface area (Å²) in [6.45, 7) is 2.34. The number of amides is 4. The number of carbonyl (C=O) groups excluding carboxylic acids is 3. The lowest BCUT2D eigenvalue weighted by molar-refractivity contribution is -0.125. The number of hydrogen-bond acceptors (Lipinski definition) is 4. The number of urea groups is 1. The number of H-pyrrole nitrogens is 1. The van der Waals surface area contributed by atoms with Crippen molar-refractivity contribution in [3.8, 4) is 5.75 Å². The molecule has 4 amide bonds. The summed E-state index contributed by atoms with van der Waals surface area (Å²) in [4.78, 5) is 47.2. The number of para-hydroxylation sites is 1. The van der Waals surface area contributed by atoms with Gasteiger partial charge < -0.3 is 19.9 Å². The topological polar surface area (TPSA) is 94.7 Å².